The van der Waals surface area contributed by atoms with Crippen molar-refractivity contribution >= 4 is 11.9 Å². The van der Waals surface area contributed by atoms with Gasteiger partial charge in [-0.2, -0.15) is 13.2 Å². The first-order valence-corrected chi connectivity index (χ1v) is 5.90. The Labute approximate surface area is 119 Å². The SMILES string of the molecule is COC(=O)c1ccc(CNC(=O)C(C)(N)C(F)(F)F)cc1. The van der Waals surface area contributed by atoms with E-state index in [1.54, 1.807) is 0 Å². The van der Waals surface area contributed by atoms with Gasteiger partial charge in [-0.3, -0.25) is 4.79 Å². The van der Waals surface area contributed by atoms with Gasteiger partial charge in [0.25, 0.3) is 0 Å². The molecule has 0 aliphatic heterocycles. The molecule has 1 amide bonds. The zero-order valence-corrected chi connectivity index (χ0v) is 11.5. The van der Waals surface area contributed by atoms with Crippen molar-refractivity contribution in [1.82, 2.24) is 5.32 Å². The average molecular weight is 304 g/mol. The number of amides is 1. The Kier molecular flexibility index (Phi) is 4.95. The van der Waals surface area contributed by atoms with Gasteiger partial charge in [0.1, 0.15) is 0 Å². The highest BCUT2D eigenvalue weighted by atomic mass is 19.4. The lowest BCUT2D eigenvalue weighted by Gasteiger charge is -2.26. The number of rotatable bonds is 4. The van der Waals surface area contributed by atoms with Crippen LogP contribution in [0.1, 0.15) is 22.8 Å². The summed E-state index contributed by atoms with van der Waals surface area (Å²) in [6.07, 6.45) is -4.84. The van der Waals surface area contributed by atoms with Gasteiger partial charge in [-0.25, -0.2) is 4.79 Å². The van der Waals surface area contributed by atoms with Gasteiger partial charge >= 0.3 is 12.1 Å². The highest BCUT2D eigenvalue weighted by Crippen LogP contribution is 2.27. The molecule has 0 fully saturated rings. The fourth-order valence-electron chi connectivity index (χ4n) is 1.37. The van der Waals surface area contributed by atoms with Crippen molar-refractivity contribution in [3.05, 3.63) is 35.4 Å². The van der Waals surface area contributed by atoms with Crippen LogP contribution >= 0.6 is 0 Å². The molecule has 0 saturated carbocycles. The van der Waals surface area contributed by atoms with Gasteiger partial charge in [0.15, 0.2) is 5.54 Å². The maximum Gasteiger partial charge on any atom is 0.415 e. The fourth-order valence-corrected chi connectivity index (χ4v) is 1.37. The summed E-state index contributed by atoms with van der Waals surface area (Å²) in [6.45, 7) is 0.464. The Bertz CT molecular complexity index is 524. The Morgan fingerprint density at radius 3 is 2.19 bits per heavy atom. The standard InChI is InChI=1S/C13H15F3N2O3/c1-12(17,13(14,15)16)11(20)18-7-8-3-5-9(6-4-8)10(19)21-2/h3-6H,7,17H2,1-2H3,(H,18,20). The van der Waals surface area contributed by atoms with Gasteiger partial charge in [0.2, 0.25) is 5.91 Å². The Balaban J connectivity index is 2.68. The molecule has 116 valence electrons. The largest absolute Gasteiger partial charge is 0.465 e. The topological polar surface area (TPSA) is 81.4 Å². The minimum absolute atomic E-state index is 0.136. The molecular formula is C13H15F3N2O3. The first-order valence-electron chi connectivity index (χ1n) is 5.90. The van der Waals surface area contributed by atoms with E-state index >= 15 is 0 Å². The second-order valence-corrected chi connectivity index (χ2v) is 4.57. The van der Waals surface area contributed by atoms with E-state index in [2.05, 4.69) is 10.1 Å². The number of methoxy groups -OCH3 is 1. The quantitative estimate of drug-likeness (QED) is 0.823. The van der Waals surface area contributed by atoms with Crippen LogP contribution in [0.4, 0.5) is 13.2 Å². The van der Waals surface area contributed by atoms with Crippen molar-refractivity contribution in [3.8, 4) is 0 Å². The van der Waals surface area contributed by atoms with Gasteiger partial charge < -0.3 is 15.8 Å². The van der Waals surface area contributed by atoms with E-state index < -0.39 is 23.6 Å². The van der Waals surface area contributed by atoms with Gasteiger partial charge in [0.05, 0.1) is 12.7 Å². The minimum atomic E-state index is -4.84. The van der Waals surface area contributed by atoms with Crippen LogP contribution in [0.25, 0.3) is 0 Å². The molecule has 0 heterocycles. The van der Waals surface area contributed by atoms with E-state index in [1.807, 2.05) is 0 Å². The van der Waals surface area contributed by atoms with E-state index in [1.165, 1.54) is 31.4 Å². The molecule has 21 heavy (non-hydrogen) atoms. The van der Waals surface area contributed by atoms with Crippen LogP contribution in [0.15, 0.2) is 24.3 Å². The summed E-state index contributed by atoms with van der Waals surface area (Å²) in [6, 6.07) is 5.87. The molecule has 0 aromatic heterocycles. The number of halogens is 3. The molecule has 0 aliphatic carbocycles. The van der Waals surface area contributed by atoms with E-state index in [0.29, 0.717) is 18.1 Å². The minimum Gasteiger partial charge on any atom is -0.465 e. The Morgan fingerprint density at radius 1 is 1.24 bits per heavy atom. The van der Waals surface area contributed by atoms with Crippen LogP contribution in [0.5, 0.6) is 0 Å². The summed E-state index contributed by atoms with van der Waals surface area (Å²) in [5, 5.41) is 2.11. The summed E-state index contributed by atoms with van der Waals surface area (Å²) in [7, 11) is 1.23. The van der Waals surface area contributed by atoms with Crippen LogP contribution in [0.3, 0.4) is 0 Å². The number of alkyl halides is 3. The molecule has 3 N–H and O–H groups in total. The van der Waals surface area contributed by atoms with Gasteiger partial charge in [-0.1, -0.05) is 12.1 Å². The highest BCUT2D eigenvalue weighted by molar-refractivity contribution is 5.89. The molecule has 0 saturated heterocycles. The predicted octanol–water partition coefficient (Wildman–Crippen LogP) is 1.37. The van der Waals surface area contributed by atoms with Crippen LogP contribution in [-0.2, 0) is 16.1 Å². The summed E-state index contributed by atoms with van der Waals surface area (Å²) in [4.78, 5) is 22.7. The number of ether oxygens (including phenoxy) is 1. The summed E-state index contributed by atoms with van der Waals surface area (Å²) < 4.78 is 42.2. The molecule has 1 unspecified atom stereocenters. The van der Waals surface area contributed by atoms with Crippen LogP contribution < -0.4 is 11.1 Å². The van der Waals surface area contributed by atoms with Crippen molar-refractivity contribution in [1.29, 1.82) is 0 Å². The molecule has 1 rings (SSSR count). The number of hydrogen-bond donors (Lipinski definition) is 2. The number of esters is 1. The number of nitrogens with two attached hydrogens (primary N) is 1. The summed E-state index contributed by atoms with van der Waals surface area (Å²) in [5.74, 6) is -1.86. The zero-order valence-electron chi connectivity index (χ0n) is 11.5. The van der Waals surface area contributed by atoms with Crippen LogP contribution in [0.2, 0.25) is 0 Å². The number of hydrogen-bond acceptors (Lipinski definition) is 4. The lowest BCUT2D eigenvalue weighted by molar-refractivity contribution is -0.187. The maximum absolute atomic E-state index is 12.6. The molecule has 8 heteroatoms. The molecule has 0 radical (unpaired) electrons. The molecule has 1 atom stereocenters. The zero-order chi connectivity index (χ0) is 16.3. The van der Waals surface area contributed by atoms with Gasteiger partial charge in [-0.05, 0) is 24.6 Å². The normalized spacial score (nSPS) is 14.2. The smallest absolute Gasteiger partial charge is 0.415 e. The molecule has 5 nitrogen and oxygen atoms in total. The summed E-state index contributed by atoms with van der Waals surface area (Å²) >= 11 is 0. The summed E-state index contributed by atoms with van der Waals surface area (Å²) in [5.41, 5.74) is 2.85. The second-order valence-electron chi connectivity index (χ2n) is 4.57. The second kappa shape index (κ2) is 6.13. The monoisotopic (exact) mass is 304 g/mol. The van der Waals surface area contributed by atoms with Crippen LogP contribution in [0, 0.1) is 0 Å². The third-order valence-electron chi connectivity index (χ3n) is 2.89. The molecular weight excluding hydrogens is 289 g/mol. The molecule has 1 aromatic carbocycles. The van der Waals surface area contributed by atoms with Gasteiger partial charge in [-0.15, -0.1) is 0 Å². The van der Waals surface area contributed by atoms with E-state index in [0.717, 1.165) is 0 Å². The van der Waals surface area contributed by atoms with E-state index in [9.17, 15) is 22.8 Å². The first kappa shape index (κ1) is 17.0. The lowest BCUT2D eigenvalue weighted by Crippen LogP contribution is -2.61. The highest BCUT2D eigenvalue weighted by Gasteiger charge is 2.53. The first-order chi connectivity index (χ1) is 9.59. The van der Waals surface area contributed by atoms with Crippen LogP contribution in [-0.4, -0.2) is 30.7 Å². The molecule has 0 spiro atoms. The van der Waals surface area contributed by atoms with E-state index in [-0.39, 0.29) is 6.54 Å². The third-order valence-corrected chi connectivity index (χ3v) is 2.89. The van der Waals surface area contributed by atoms with E-state index in [4.69, 9.17) is 5.73 Å². The maximum atomic E-state index is 12.6. The Morgan fingerprint density at radius 2 is 1.76 bits per heavy atom. The van der Waals surface area contributed by atoms with Gasteiger partial charge in [0, 0.05) is 6.54 Å². The predicted molar refractivity (Wildman–Crippen MR) is 68.3 cm³/mol. The molecule has 0 bridgehead atoms. The average Bonchev–Trinajstić information content (AvgIpc) is 2.43. The number of benzene rings is 1. The number of carbonyl (C=O) groups excluding carboxylic acids is 2. The molecule has 0 aliphatic rings. The van der Waals surface area contributed by atoms with Crippen molar-refractivity contribution in [2.24, 2.45) is 5.73 Å². The van der Waals surface area contributed by atoms with Crippen molar-refractivity contribution < 1.29 is 27.5 Å². The Hall–Kier alpha value is -2.09. The van der Waals surface area contributed by atoms with Crippen molar-refractivity contribution in [2.45, 2.75) is 25.2 Å². The van der Waals surface area contributed by atoms with Crippen molar-refractivity contribution in [2.75, 3.05) is 7.11 Å². The van der Waals surface area contributed by atoms with Crippen molar-refractivity contribution in [3.63, 3.8) is 0 Å². The molecule has 1 aromatic rings. The lowest BCUT2D eigenvalue weighted by atomic mass is 10.0. The number of nitrogens with one attached hydrogen (secondary N) is 1. The fraction of sp³-hybridized carbons (Fsp3) is 0.385. The third kappa shape index (κ3) is 3.94. The number of carbonyl (C=O) groups is 2.